The van der Waals surface area contributed by atoms with E-state index in [-0.39, 0.29) is 17.4 Å². The normalized spacial score (nSPS) is 25.8. The van der Waals surface area contributed by atoms with Crippen molar-refractivity contribution in [3.8, 4) is 0 Å². The molecular formula is C24H42O4. The third-order valence-corrected chi connectivity index (χ3v) is 6.88. The summed E-state index contributed by atoms with van der Waals surface area (Å²) in [7, 11) is 0. The maximum absolute atomic E-state index is 11.5. The van der Waals surface area contributed by atoms with Crippen molar-refractivity contribution in [2.75, 3.05) is 13.2 Å². The molecule has 4 heteroatoms. The van der Waals surface area contributed by atoms with Crippen molar-refractivity contribution in [2.45, 2.75) is 93.4 Å². The van der Waals surface area contributed by atoms with Crippen molar-refractivity contribution in [2.24, 2.45) is 22.7 Å². The number of carbonyl (C=O) groups excluding carboxylic acids is 2. The van der Waals surface area contributed by atoms with Gasteiger partial charge in [0.25, 0.3) is 0 Å². The summed E-state index contributed by atoms with van der Waals surface area (Å²) < 4.78 is 10.6. The Balaban J connectivity index is 2.96. The van der Waals surface area contributed by atoms with Gasteiger partial charge in [-0.15, -0.1) is 0 Å². The van der Waals surface area contributed by atoms with Crippen LogP contribution < -0.4 is 0 Å². The fourth-order valence-electron chi connectivity index (χ4n) is 5.29. The summed E-state index contributed by atoms with van der Waals surface area (Å²) >= 11 is 0. The Morgan fingerprint density at radius 2 is 1.71 bits per heavy atom. The van der Waals surface area contributed by atoms with E-state index in [2.05, 4.69) is 34.6 Å². The van der Waals surface area contributed by atoms with Gasteiger partial charge in [0.05, 0.1) is 6.61 Å². The molecule has 162 valence electrons. The molecule has 0 aliphatic heterocycles. The topological polar surface area (TPSA) is 52.6 Å². The molecular weight excluding hydrogens is 352 g/mol. The fourth-order valence-corrected chi connectivity index (χ4v) is 5.29. The van der Waals surface area contributed by atoms with Gasteiger partial charge in [-0.05, 0) is 67.8 Å². The number of carbonyl (C=O) groups is 2. The minimum Gasteiger partial charge on any atom is -0.466 e. The van der Waals surface area contributed by atoms with Gasteiger partial charge in [-0.3, -0.25) is 9.59 Å². The molecule has 1 aliphatic rings. The molecule has 0 unspecified atom stereocenters. The summed E-state index contributed by atoms with van der Waals surface area (Å²) in [5.74, 6) is 0.517. The maximum atomic E-state index is 11.5. The highest BCUT2D eigenvalue weighted by Gasteiger charge is 2.49. The van der Waals surface area contributed by atoms with Crippen molar-refractivity contribution >= 4 is 11.9 Å². The van der Waals surface area contributed by atoms with Gasteiger partial charge in [0.1, 0.15) is 6.61 Å². The molecule has 0 amide bonds. The molecule has 1 aliphatic carbocycles. The summed E-state index contributed by atoms with van der Waals surface area (Å²) in [6.45, 7) is 15.4. The molecule has 0 N–H and O–H groups in total. The summed E-state index contributed by atoms with van der Waals surface area (Å²) in [5.41, 5.74) is 1.71. The molecule has 0 spiro atoms. The summed E-state index contributed by atoms with van der Waals surface area (Å²) in [6.07, 6.45) is 10.0. The SMILES string of the molecule is CCC[C@H]1C(C)(C)CCC[C@]1(C)[C@@H](CC/C(C)=C/COC(C)=O)COC(C)=O. The average Bonchev–Trinajstić information content (AvgIpc) is 2.57. The Morgan fingerprint density at radius 3 is 2.29 bits per heavy atom. The van der Waals surface area contributed by atoms with Gasteiger partial charge in [-0.1, -0.05) is 46.1 Å². The van der Waals surface area contributed by atoms with E-state index in [1.54, 1.807) is 0 Å². The van der Waals surface area contributed by atoms with Gasteiger partial charge in [0.2, 0.25) is 0 Å². The first kappa shape index (κ1) is 24.7. The monoisotopic (exact) mass is 394 g/mol. The molecule has 4 nitrogen and oxygen atoms in total. The van der Waals surface area contributed by atoms with Crippen LogP contribution in [0.5, 0.6) is 0 Å². The quantitative estimate of drug-likeness (QED) is 0.332. The van der Waals surface area contributed by atoms with Gasteiger partial charge >= 0.3 is 11.9 Å². The van der Waals surface area contributed by atoms with Crippen LogP contribution in [-0.4, -0.2) is 25.2 Å². The first-order valence-electron chi connectivity index (χ1n) is 10.9. The highest BCUT2D eigenvalue weighted by molar-refractivity contribution is 5.66. The number of allylic oxidation sites excluding steroid dienone is 1. The van der Waals surface area contributed by atoms with Crippen LogP contribution in [0.1, 0.15) is 93.4 Å². The van der Waals surface area contributed by atoms with E-state index in [0.29, 0.717) is 30.5 Å². The van der Waals surface area contributed by atoms with Gasteiger partial charge in [-0.25, -0.2) is 0 Å². The number of hydrogen-bond acceptors (Lipinski definition) is 4. The predicted molar refractivity (Wildman–Crippen MR) is 114 cm³/mol. The van der Waals surface area contributed by atoms with Gasteiger partial charge in [0, 0.05) is 13.8 Å². The van der Waals surface area contributed by atoms with E-state index < -0.39 is 0 Å². The maximum Gasteiger partial charge on any atom is 0.302 e. The van der Waals surface area contributed by atoms with Crippen molar-refractivity contribution in [1.29, 1.82) is 0 Å². The Hall–Kier alpha value is -1.32. The molecule has 0 aromatic rings. The number of esters is 2. The Labute approximate surface area is 172 Å². The lowest BCUT2D eigenvalue weighted by Gasteiger charge is -2.54. The molecule has 0 heterocycles. The molecule has 1 saturated carbocycles. The van der Waals surface area contributed by atoms with Crippen molar-refractivity contribution in [3.63, 3.8) is 0 Å². The minimum atomic E-state index is -0.254. The molecule has 0 aromatic heterocycles. The van der Waals surface area contributed by atoms with Crippen LogP contribution >= 0.6 is 0 Å². The summed E-state index contributed by atoms with van der Waals surface area (Å²) in [6, 6.07) is 0. The second-order valence-electron chi connectivity index (χ2n) is 9.58. The van der Waals surface area contributed by atoms with E-state index in [9.17, 15) is 9.59 Å². The van der Waals surface area contributed by atoms with Crippen molar-refractivity contribution in [3.05, 3.63) is 11.6 Å². The largest absolute Gasteiger partial charge is 0.466 e. The number of rotatable bonds is 10. The smallest absolute Gasteiger partial charge is 0.302 e. The second kappa shape index (κ2) is 11.0. The molecule has 3 atom stereocenters. The van der Waals surface area contributed by atoms with Gasteiger partial charge in [-0.2, -0.15) is 0 Å². The Kier molecular flexibility index (Phi) is 9.73. The molecule has 0 aromatic carbocycles. The zero-order valence-electron chi connectivity index (χ0n) is 19.2. The lowest BCUT2D eigenvalue weighted by atomic mass is 9.51. The van der Waals surface area contributed by atoms with Crippen LogP contribution in [0, 0.1) is 22.7 Å². The molecule has 0 saturated heterocycles. The van der Waals surface area contributed by atoms with E-state index in [0.717, 1.165) is 12.8 Å². The molecule has 28 heavy (non-hydrogen) atoms. The Bertz CT molecular complexity index is 549. The van der Waals surface area contributed by atoms with Gasteiger partial charge < -0.3 is 9.47 Å². The highest BCUT2D eigenvalue weighted by atomic mass is 16.5. The standard InChI is InChI=1S/C24H42O4/c1-8-10-22-23(5,6)14-9-15-24(22,7)21(17-28-20(4)26)12-11-18(2)13-16-27-19(3)25/h13,21-22H,8-12,14-17H2,1-7H3/b18-13+/t21-,22-,24+/m0/s1. The first-order valence-corrected chi connectivity index (χ1v) is 10.9. The minimum absolute atomic E-state index is 0.170. The van der Waals surface area contributed by atoms with Crippen LogP contribution in [-0.2, 0) is 19.1 Å². The van der Waals surface area contributed by atoms with Crippen LogP contribution in [0.4, 0.5) is 0 Å². The number of ether oxygens (including phenoxy) is 2. The number of hydrogen-bond donors (Lipinski definition) is 0. The lowest BCUT2D eigenvalue weighted by molar-refractivity contribution is -0.146. The van der Waals surface area contributed by atoms with Crippen LogP contribution in [0.15, 0.2) is 11.6 Å². The third-order valence-electron chi connectivity index (χ3n) is 6.88. The fraction of sp³-hybridized carbons (Fsp3) is 0.833. The summed E-state index contributed by atoms with van der Waals surface area (Å²) in [5, 5.41) is 0. The molecule has 0 radical (unpaired) electrons. The van der Waals surface area contributed by atoms with Gasteiger partial charge in [0.15, 0.2) is 0 Å². The zero-order chi connectivity index (χ0) is 21.4. The molecule has 0 bridgehead atoms. The molecule has 1 fully saturated rings. The predicted octanol–water partition coefficient (Wildman–Crippen LogP) is 6.09. The lowest BCUT2D eigenvalue weighted by Crippen LogP contribution is -2.47. The molecule has 1 rings (SSSR count). The second-order valence-corrected chi connectivity index (χ2v) is 9.58. The van der Waals surface area contributed by atoms with E-state index in [1.807, 2.05) is 6.08 Å². The van der Waals surface area contributed by atoms with Crippen molar-refractivity contribution < 1.29 is 19.1 Å². The highest BCUT2D eigenvalue weighted by Crippen LogP contribution is 2.57. The third kappa shape index (κ3) is 7.25. The van der Waals surface area contributed by atoms with E-state index in [1.165, 1.54) is 51.5 Å². The van der Waals surface area contributed by atoms with E-state index in [4.69, 9.17) is 9.47 Å². The van der Waals surface area contributed by atoms with Crippen LogP contribution in [0.25, 0.3) is 0 Å². The summed E-state index contributed by atoms with van der Waals surface area (Å²) in [4.78, 5) is 22.5. The van der Waals surface area contributed by atoms with Crippen LogP contribution in [0.2, 0.25) is 0 Å². The van der Waals surface area contributed by atoms with E-state index >= 15 is 0 Å². The zero-order valence-corrected chi connectivity index (χ0v) is 19.2. The first-order chi connectivity index (χ1) is 13.0. The Morgan fingerprint density at radius 1 is 1.07 bits per heavy atom. The van der Waals surface area contributed by atoms with Crippen LogP contribution in [0.3, 0.4) is 0 Å². The van der Waals surface area contributed by atoms with Crippen molar-refractivity contribution in [1.82, 2.24) is 0 Å². The average molecular weight is 395 g/mol.